The van der Waals surface area contributed by atoms with Crippen molar-refractivity contribution >= 4 is 31.6 Å². The number of nitrogens with zero attached hydrogens (tertiary/aromatic N) is 2. The van der Waals surface area contributed by atoms with Crippen LogP contribution < -0.4 is 4.72 Å². The molecule has 0 amide bonds. The first-order chi connectivity index (χ1) is 11.7. The van der Waals surface area contributed by atoms with E-state index in [9.17, 15) is 16.8 Å². The van der Waals surface area contributed by atoms with Crippen LogP contribution in [-0.2, 0) is 20.0 Å². The van der Waals surface area contributed by atoms with Crippen LogP contribution in [0.25, 0.3) is 0 Å². The van der Waals surface area contributed by atoms with Gasteiger partial charge in [-0.1, -0.05) is 18.2 Å². The van der Waals surface area contributed by atoms with Gasteiger partial charge in [-0.15, -0.1) is 0 Å². The molecule has 0 aliphatic carbocycles. The van der Waals surface area contributed by atoms with Crippen molar-refractivity contribution in [3.63, 3.8) is 0 Å². The van der Waals surface area contributed by atoms with Crippen molar-refractivity contribution in [3.05, 3.63) is 40.8 Å². The summed E-state index contributed by atoms with van der Waals surface area (Å²) in [5.74, 6) is -0.143. The molecule has 1 aromatic rings. The van der Waals surface area contributed by atoms with E-state index in [1.807, 2.05) is 6.07 Å². The van der Waals surface area contributed by atoms with Gasteiger partial charge in [0.15, 0.2) is 0 Å². The molecule has 10 heteroatoms. The summed E-state index contributed by atoms with van der Waals surface area (Å²) in [4.78, 5) is -0.0551. The lowest BCUT2D eigenvalue weighted by atomic mass is 10.0. The van der Waals surface area contributed by atoms with Crippen LogP contribution in [0.5, 0.6) is 0 Å². The molecular weight excluding hydrogens is 386 g/mol. The number of piperidine rings is 1. The molecule has 1 unspecified atom stereocenters. The van der Waals surface area contributed by atoms with Crippen molar-refractivity contribution in [2.45, 2.75) is 17.7 Å². The molecule has 0 saturated carbocycles. The van der Waals surface area contributed by atoms with E-state index in [4.69, 9.17) is 16.9 Å². The Balaban J connectivity index is 2.17. The zero-order valence-electron chi connectivity index (χ0n) is 13.4. The third-order valence-electron chi connectivity index (χ3n) is 3.95. The van der Waals surface area contributed by atoms with Crippen LogP contribution in [0.4, 0.5) is 0 Å². The Bertz CT molecular complexity index is 907. The molecule has 2 rings (SSSR count). The highest BCUT2D eigenvalue weighted by Crippen LogP contribution is 2.28. The zero-order valence-corrected chi connectivity index (χ0v) is 15.7. The fraction of sp³-hybridized carbons (Fsp3) is 0.400. The zero-order chi connectivity index (χ0) is 18.7. The van der Waals surface area contributed by atoms with Crippen LogP contribution in [0.3, 0.4) is 0 Å². The van der Waals surface area contributed by atoms with Crippen molar-refractivity contribution in [3.8, 4) is 6.07 Å². The summed E-state index contributed by atoms with van der Waals surface area (Å²) in [6.45, 7) is 3.89. The van der Waals surface area contributed by atoms with E-state index in [0.717, 1.165) is 5.41 Å². The average molecular weight is 404 g/mol. The molecule has 0 spiro atoms. The van der Waals surface area contributed by atoms with E-state index in [-0.39, 0.29) is 34.5 Å². The van der Waals surface area contributed by atoms with Crippen LogP contribution in [-0.4, -0.2) is 40.8 Å². The van der Waals surface area contributed by atoms with E-state index in [1.54, 1.807) is 0 Å². The van der Waals surface area contributed by atoms with Gasteiger partial charge in [0.25, 0.3) is 0 Å². The Morgan fingerprint density at radius 3 is 2.72 bits per heavy atom. The summed E-state index contributed by atoms with van der Waals surface area (Å²) in [6.07, 6.45) is 1.33. The Hall–Kier alpha value is -1.44. The first kappa shape index (κ1) is 19.9. The quantitative estimate of drug-likeness (QED) is 0.777. The van der Waals surface area contributed by atoms with E-state index in [1.165, 1.54) is 22.5 Å². The molecule has 1 aliphatic heterocycles. The predicted molar refractivity (Wildman–Crippen MR) is 94.8 cm³/mol. The summed E-state index contributed by atoms with van der Waals surface area (Å²) in [7, 11) is -7.36. The molecule has 1 atom stereocenters. The minimum Gasteiger partial charge on any atom is -0.211 e. The lowest BCUT2D eigenvalue weighted by molar-refractivity contribution is 0.267. The van der Waals surface area contributed by atoms with Gasteiger partial charge in [0.05, 0.1) is 16.7 Å². The van der Waals surface area contributed by atoms with Crippen LogP contribution >= 0.6 is 11.6 Å². The summed E-state index contributed by atoms with van der Waals surface area (Å²) in [5.41, 5.74) is 0.277. The Morgan fingerprint density at radius 1 is 1.40 bits per heavy atom. The molecule has 1 aliphatic rings. The van der Waals surface area contributed by atoms with E-state index in [0.29, 0.717) is 19.4 Å². The predicted octanol–water partition coefficient (Wildman–Crippen LogP) is 1.68. The lowest BCUT2D eigenvalue weighted by Crippen LogP contribution is -2.43. The normalized spacial score (nSPS) is 19.3. The molecule has 0 bridgehead atoms. The Kier molecular flexibility index (Phi) is 6.24. The maximum atomic E-state index is 12.8. The molecular formula is C15H18ClN3O4S2. The summed E-state index contributed by atoms with van der Waals surface area (Å²) >= 11 is 6.03. The van der Waals surface area contributed by atoms with Gasteiger partial charge in [0, 0.05) is 25.0 Å². The molecule has 1 N–H and O–H groups in total. The van der Waals surface area contributed by atoms with Crippen molar-refractivity contribution < 1.29 is 16.8 Å². The second-order valence-electron chi connectivity index (χ2n) is 5.69. The fourth-order valence-electron chi connectivity index (χ4n) is 2.62. The number of sulfonamides is 2. The summed E-state index contributed by atoms with van der Waals surface area (Å²) in [6, 6.07) is 5.94. The van der Waals surface area contributed by atoms with E-state index in [2.05, 4.69) is 11.3 Å². The Morgan fingerprint density at radius 2 is 2.12 bits per heavy atom. The average Bonchev–Trinajstić information content (AvgIpc) is 2.60. The molecule has 1 aromatic carbocycles. The molecule has 1 fully saturated rings. The molecule has 0 radical (unpaired) electrons. The first-order valence-electron chi connectivity index (χ1n) is 7.51. The molecule has 25 heavy (non-hydrogen) atoms. The van der Waals surface area contributed by atoms with E-state index >= 15 is 0 Å². The monoisotopic (exact) mass is 403 g/mol. The fourth-order valence-corrected chi connectivity index (χ4v) is 5.28. The largest absolute Gasteiger partial charge is 0.244 e. The smallest absolute Gasteiger partial charge is 0.211 e. The Labute approximate surface area is 153 Å². The van der Waals surface area contributed by atoms with Crippen LogP contribution in [0.15, 0.2) is 35.1 Å². The highest BCUT2D eigenvalue weighted by atomic mass is 35.5. The van der Waals surface area contributed by atoms with Gasteiger partial charge >= 0.3 is 0 Å². The molecule has 136 valence electrons. The topological polar surface area (TPSA) is 107 Å². The number of nitriles is 1. The maximum Gasteiger partial charge on any atom is 0.244 e. The number of halogens is 1. The highest BCUT2D eigenvalue weighted by Gasteiger charge is 2.32. The second-order valence-corrected chi connectivity index (χ2v) is 9.71. The molecule has 1 heterocycles. The van der Waals surface area contributed by atoms with Crippen molar-refractivity contribution in [1.82, 2.24) is 9.03 Å². The van der Waals surface area contributed by atoms with Gasteiger partial charge in [-0.25, -0.2) is 21.6 Å². The van der Waals surface area contributed by atoms with Crippen molar-refractivity contribution in [1.29, 1.82) is 5.26 Å². The third kappa shape index (κ3) is 4.80. The summed E-state index contributed by atoms with van der Waals surface area (Å²) in [5, 5.41) is 9.67. The number of hydrogen-bond acceptors (Lipinski definition) is 5. The standard InChI is InChI=1S/C15H18ClN3O4S2/c1-2-24(20,21)18-10-13-4-3-7-19(11-13)25(22,23)15-6-5-12(9-17)8-14(15)16/h2,5-6,8,13,18H,1,3-4,7,10-11H2. The molecule has 0 aromatic heterocycles. The third-order valence-corrected chi connectivity index (χ3v) is 7.31. The van der Waals surface area contributed by atoms with Crippen LogP contribution in [0.1, 0.15) is 18.4 Å². The van der Waals surface area contributed by atoms with Crippen LogP contribution in [0.2, 0.25) is 5.02 Å². The number of benzene rings is 1. The maximum absolute atomic E-state index is 12.8. The summed E-state index contributed by atoms with van der Waals surface area (Å²) < 4.78 is 52.2. The minimum atomic E-state index is -3.82. The number of hydrogen-bond donors (Lipinski definition) is 1. The minimum absolute atomic E-state index is 0.00599. The van der Waals surface area contributed by atoms with Gasteiger partial charge in [-0.2, -0.15) is 9.57 Å². The first-order valence-corrected chi connectivity index (χ1v) is 10.9. The SMILES string of the molecule is C=CS(=O)(=O)NCC1CCCN(S(=O)(=O)c2ccc(C#N)cc2Cl)C1. The highest BCUT2D eigenvalue weighted by molar-refractivity contribution is 7.92. The second kappa shape index (κ2) is 7.85. The number of nitrogens with one attached hydrogen (secondary N) is 1. The van der Waals surface area contributed by atoms with Gasteiger partial charge in [0.1, 0.15) is 4.90 Å². The van der Waals surface area contributed by atoms with Gasteiger partial charge in [0.2, 0.25) is 20.0 Å². The van der Waals surface area contributed by atoms with Gasteiger partial charge < -0.3 is 0 Å². The lowest BCUT2D eigenvalue weighted by Gasteiger charge is -2.32. The molecule has 1 saturated heterocycles. The van der Waals surface area contributed by atoms with Gasteiger partial charge in [-0.05, 0) is 37.0 Å². The van der Waals surface area contributed by atoms with E-state index < -0.39 is 20.0 Å². The molecule has 7 nitrogen and oxygen atoms in total. The van der Waals surface area contributed by atoms with Crippen molar-refractivity contribution in [2.75, 3.05) is 19.6 Å². The number of rotatable bonds is 6. The van der Waals surface area contributed by atoms with Gasteiger partial charge in [-0.3, -0.25) is 0 Å². The van der Waals surface area contributed by atoms with Crippen molar-refractivity contribution in [2.24, 2.45) is 5.92 Å². The van der Waals surface area contributed by atoms with Crippen LogP contribution in [0, 0.1) is 17.2 Å².